The molecular formula is C33H37N3O9S. The van der Waals surface area contributed by atoms with Gasteiger partial charge in [-0.25, -0.2) is 4.98 Å². The largest absolute Gasteiger partial charge is 0.496 e. The summed E-state index contributed by atoms with van der Waals surface area (Å²) >= 11 is 1.28. The number of fused-ring (bicyclic) bond motifs is 1. The number of anilines is 1. The van der Waals surface area contributed by atoms with Crippen LogP contribution in [0.1, 0.15) is 53.3 Å². The zero-order chi connectivity index (χ0) is 32.6. The lowest BCUT2D eigenvalue weighted by Gasteiger charge is -2.50. The van der Waals surface area contributed by atoms with Crippen molar-refractivity contribution in [3.8, 4) is 16.5 Å². The third-order valence-corrected chi connectivity index (χ3v) is 10.5. The zero-order valence-electron chi connectivity index (χ0n) is 26.3. The van der Waals surface area contributed by atoms with E-state index in [4.69, 9.17) is 23.4 Å². The van der Waals surface area contributed by atoms with E-state index in [9.17, 15) is 19.2 Å². The van der Waals surface area contributed by atoms with Gasteiger partial charge in [-0.2, -0.15) is 0 Å². The summed E-state index contributed by atoms with van der Waals surface area (Å²) in [6.07, 6.45) is 3.81. The molecule has 3 aliphatic rings. The molecule has 1 atom stereocenters. The first-order valence-corrected chi connectivity index (χ1v) is 16.1. The molecule has 1 aliphatic carbocycles. The molecule has 13 heteroatoms. The molecule has 0 bridgehead atoms. The second-order valence-corrected chi connectivity index (χ2v) is 13.0. The van der Waals surface area contributed by atoms with E-state index in [-0.39, 0.29) is 49.6 Å². The van der Waals surface area contributed by atoms with Crippen molar-refractivity contribution < 1.29 is 42.5 Å². The Kier molecular flexibility index (Phi) is 8.99. The molecular weight excluding hydrogens is 614 g/mol. The van der Waals surface area contributed by atoms with Crippen LogP contribution in [0.4, 0.5) is 5.00 Å². The molecule has 244 valence electrons. The number of esters is 1. The summed E-state index contributed by atoms with van der Waals surface area (Å²) in [5, 5.41) is 0.499. The third-order valence-electron chi connectivity index (χ3n) is 9.18. The summed E-state index contributed by atoms with van der Waals surface area (Å²) in [4.78, 5) is 62.0. The lowest BCUT2D eigenvalue weighted by molar-refractivity contribution is -0.152. The molecule has 1 saturated heterocycles. The number of hydrogen-bond donors (Lipinski definition) is 0. The number of carbonyl (C=O) groups excluding carboxylic acids is 4. The highest BCUT2D eigenvalue weighted by molar-refractivity contribution is 7.20. The van der Waals surface area contributed by atoms with E-state index < -0.39 is 23.4 Å². The summed E-state index contributed by atoms with van der Waals surface area (Å²) in [6.45, 7) is 2.89. The minimum atomic E-state index is -1.43. The van der Waals surface area contributed by atoms with Gasteiger partial charge < -0.3 is 28.3 Å². The van der Waals surface area contributed by atoms with Crippen LogP contribution in [0.15, 0.2) is 41.1 Å². The van der Waals surface area contributed by atoms with E-state index in [1.54, 1.807) is 12.0 Å². The number of para-hydroxylation sites is 1. The number of oxazole rings is 1. The minimum Gasteiger partial charge on any atom is -0.496 e. The molecule has 1 aromatic carbocycles. The Hall–Kier alpha value is -4.07. The van der Waals surface area contributed by atoms with Crippen LogP contribution in [-0.2, 0) is 28.6 Å². The van der Waals surface area contributed by atoms with Crippen LogP contribution in [0.5, 0.6) is 5.75 Å². The number of amides is 2. The molecule has 0 N–H and O–H groups in total. The number of likely N-dealkylation sites (N-methyl/N-ethyl adjacent to an activating group) is 1. The molecule has 1 saturated carbocycles. The molecule has 2 aromatic heterocycles. The molecule has 6 rings (SSSR count). The van der Waals surface area contributed by atoms with Gasteiger partial charge >= 0.3 is 5.97 Å². The molecule has 2 aliphatic heterocycles. The molecule has 1 spiro atoms. The van der Waals surface area contributed by atoms with Gasteiger partial charge in [-0.3, -0.25) is 24.1 Å². The van der Waals surface area contributed by atoms with Crippen LogP contribution in [0.25, 0.3) is 10.8 Å². The van der Waals surface area contributed by atoms with Crippen LogP contribution in [-0.4, -0.2) is 87.1 Å². The number of Topliss-reactive ketones (excluding diaryl/α,β-unsaturated/α-hetero) is 1. The van der Waals surface area contributed by atoms with Gasteiger partial charge in [0.1, 0.15) is 35.1 Å². The van der Waals surface area contributed by atoms with Crippen molar-refractivity contribution in [2.75, 3.05) is 52.5 Å². The van der Waals surface area contributed by atoms with Crippen molar-refractivity contribution in [1.29, 1.82) is 0 Å². The first-order chi connectivity index (χ1) is 22.2. The predicted molar refractivity (Wildman–Crippen MR) is 167 cm³/mol. The van der Waals surface area contributed by atoms with Gasteiger partial charge in [0.15, 0.2) is 5.78 Å². The second-order valence-electron chi connectivity index (χ2n) is 12.0. The molecule has 12 nitrogen and oxygen atoms in total. The van der Waals surface area contributed by atoms with Crippen LogP contribution in [0.3, 0.4) is 0 Å². The van der Waals surface area contributed by atoms with E-state index in [0.29, 0.717) is 58.7 Å². The Balaban J connectivity index is 1.38. The van der Waals surface area contributed by atoms with Crippen LogP contribution < -0.4 is 9.64 Å². The van der Waals surface area contributed by atoms with E-state index in [1.807, 2.05) is 31.2 Å². The summed E-state index contributed by atoms with van der Waals surface area (Å²) in [5.41, 5.74) is 0.449. The Labute approximate surface area is 270 Å². The molecule has 46 heavy (non-hydrogen) atoms. The van der Waals surface area contributed by atoms with Crippen molar-refractivity contribution in [2.45, 2.75) is 44.8 Å². The number of ether oxygens (including phenoxy) is 4. The van der Waals surface area contributed by atoms with Gasteiger partial charge in [-0.05, 0) is 44.2 Å². The highest BCUT2D eigenvalue weighted by atomic mass is 32.1. The predicted octanol–water partition coefficient (Wildman–Crippen LogP) is 4.21. The standard InChI is InChI=1S/C33H37N3O9S/c1-19-26-28(38)33(15-20(16-33)30(39)35(2)18-25(37)42-4)32(40)36(31(26)46-27(19)29-34-11-14-44-29)17-24(45-21-9-12-43-13-10-21)22-7-5-6-8-23(22)41-3/h5-8,11,14,20-21,24H,9-10,12-13,15-18H2,1-4H3/t20-,24-,33+/m0/s1. The van der Waals surface area contributed by atoms with Crippen LogP contribution in [0.2, 0.25) is 0 Å². The van der Waals surface area contributed by atoms with E-state index in [1.165, 1.54) is 42.9 Å². The second kappa shape index (κ2) is 13.0. The first-order valence-electron chi connectivity index (χ1n) is 15.3. The Morgan fingerprint density at radius 1 is 1.17 bits per heavy atom. The highest BCUT2D eigenvalue weighted by Gasteiger charge is 2.63. The zero-order valence-corrected chi connectivity index (χ0v) is 27.1. The van der Waals surface area contributed by atoms with E-state index in [2.05, 4.69) is 4.98 Å². The number of methoxy groups -OCH3 is 2. The number of thiophene rings is 1. The molecule has 0 radical (unpaired) electrons. The molecule has 0 unspecified atom stereocenters. The van der Waals surface area contributed by atoms with E-state index >= 15 is 0 Å². The molecule has 2 amide bonds. The van der Waals surface area contributed by atoms with Crippen molar-refractivity contribution in [2.24, 2.45) is 11.3 Å². The summed E-state index contributed by atoms with van der Waals surface area (Å²) in [7, 11) is 4.36. The fraction of sp³-hybridized carbons (Fsp3) is 0.485. The maximum absolute atomic E-state index is 14.7. The number of ketones is 1. The topological polar surface area (TPSA) is 138 Å². The van der Waals surface area contributed by atoms with Gasteiger partial charge in [0, 0.05) is 31.7 Å². The average Bonchev–Trinajstić information content (AvgIpc) is 3.70. The average molecular weight is 652 g/mol. The number of nitrogens with zero attached hydrogens (tertiary/aromatic N) is 3. The molecule has 4 heterocycles. The first kappa shape index (κ1) is 31.9. The van der Waals surface area contributed by atoms with Gasteiger partial charge in [-0.1, -0.05) is 18.2 Å². The van der Waals surface area contributed by atoms with E-state index in [0.717, 1.165) is 5.56 Å². The van der Waals surface area contributed by atoms with Crippen LogP contribution >= 0.6 is 11.3 Å². The van der Waals surface area contributed by atoms with Crippen molar-refractivity contribution >= 4 is 39.9 Å². The van der Waals surface area contributed by atoms with Gasteiger partial charge in [0.25, 0.3) is 0 Å². The van der Waals surface area contributed by atoms with Crippen molar-refractivity contribution in [3.05, 3.63) is 53.4 Å². The van der Waals surface area contributed by atoms with Crippen LogP contribution in [0, 0.1) is 18.3 Å². The van der Waals surface area contributed by atoms with Gasteiger partial charge in [0.2, 0.25) is 17.7 Å². The number of aromatic nitrogens is 1. The quantitative estimate of drug-likeness (QED) is 0.232. The monoisotopic (exact) mass is 651 g/mol. The molecule has 3 aromatic rings. The minimum absolute atomic E-state index is 0.0364. The molecule has 2 fully saturated rings. The van der Waals surface area contributed by atoms with Gasteiger partial charge in [-0.15, -0.1) is 11.3 Å². The number of hydrogen-bond acceptors (Lipinski definition) is 11. The lowest BCUT2D eigenvalue weighted by Crippen LogP contribution is -2.61. The number of benzene rings is 1. The Morgan fingerprint density at radius 2 is 1.91 bits per heavy atom. The smallest absolute Gasteiger partial charge is 0.325 e. The van der Waals surface area contributed by atoms with Gasteiger partial charge in [0.05, 0.1) is 43.5 Å². The lowest BCUT2D eigenvalue weighted by atomic mass is 9.56. The summed E-state index contributed by atoms with van der Waals surface area (Å²) in [5.74, 6) is -1.16. The maximum atomic E-state index is 14.7. The highest BCUT2D eigenvalue weighted by Crippen LogP contribution is 2.57. The normalized spacial score (nSPS) is 21.9. The Morgan fingerprint density at radius 3 is 2.59 bits per heavy atom. The van der Waals surface area contributed by atoms with Crippen molar-refractivity contribution in [3.63, 3.8) is 0 Å². The van der Waals surface area contributed by atoms with Crippen molar-refractivity contribution in [1.82, 2.24) is 9.88 Å². The SMILES string of the molecule is COC(=O)CN(C)C(=O)[C@H]1C[C@@]2(C1)C(=O)c1c(sc(-c3ncco3)c1C)N(C[C@H](OC1CCOCC1)c1ccccc1OC)C2=O. The third kappa shape index (κ3) is 5.60. The fourth-order valence-corrected chi connectivity index (χ4v) is 7.92. The fourth-order valence-electron chi connectivity index (χ4n) is 6.67. The summed E-state index contributed by atoms with van der Waals surface area (Å²) < 4.78 is 28.3. The Bertz CT molecular complexity index is 1620. The number of carbonyl (C=O) groups is 4. The maximum Gasteiger partial charge on any atom is 0.325 e. The number of rotatable bonds is 10. The summed E-state index contributed by atoms with van der Waals surface area (Å²) in [6, 6.07) is 7.55.